The first-order chi connectivity index (χ1) is 13.0. The van der Waals surface area contributed by atoms with Crippen LogP contribution in [0.2, 0.25) is 0 Å². The topological polar surface area (TPSA) is 139 Å². The van der Waals surface area contributed by atoms with Crippen molar-refractivity contribution >= 4 is 34.0 Å². The predicted molar refractivity (Wildman–Crippen MR) is 103 cm³/mol. The highest BCUT2D eigenvalue weighted by Gasteiger charge is 2.18. The molecule has 1 unspecified atom stereocenters. The summed E-state index contributed by atoms with van der Waals surface area (Å²) in [6.45, 7) is 0. The molecule has 2 heterocycles. The predicted octanol–water partition coefficient (Wildman–Crippen LogP) is 2.06. The second kappa shape index (κ2) is 7.98. The molecular weight excluding hydrogens is 368 g/mol. The summed E-state index contributed by atoms with van der Waals surface area (Å²) in [6, 6.07) is 6.71. The number of hydrogen-bond donors (Lipinski definition) is 4. The Kier molecular flexibility index (Phi) is 5.48. The van der Waals surface area contributed by atoms with Crippen LogP contribution in [0.4, 0.5) is 17.3 Å². The minimum atomic E-state index is -1.37. The monoisotopic (exact) mass is 386 g/mol. The van der Waals surface area contributed by atoms with E-state index >= 15 is 0 Å². The Hall–Kier alpha value is -3.24. The highest BCUT2D eigenvalue weighted by Crippen LogP contribution is 2.31. The van der Waals surface area contributed by atoms with Gasteiger partial charge in [0.2, 0.25) is 0 Å². The number of nitrogens with two attached hydrogens (primary N) is 1. The van der Waals surface area contributed by atoms with E-state index in [9.17, 15) is 4.21 Å². The van der Waals surface area contributed by atoms with Gasteiger partial charge in [-0.05, 0) is 31.3 Å². The van der Waals surface area contributed by atoms with Crippen LogP contribution in [0, 0.1) is 5.41 Å². The van der Waals surface area contributed by atoms with Crippen molar-refractivity contribution < 1.29 is 13.4 Å². The molecule has 9 nitrogen and oxygen atoms in total. The van der Waals surface area contributed by atoms with Crippen LogP contribution in [0.15, 0.2) is 52.4 Å². The first kappa shape index (κ1) is 18.5. The molecule has 0 spiro atoms. The zero-order chi connectivity index (χ0) is 19.4. The van der Waals surface area contributed by atoms with Gasteiger partial charge in [-0.2, -0.15) is 0 Å². The molecule has 1 aromatic carbocycles. The first-order valence-corrected chi connectivity index (χ1v) is 8.96. The van der Waals surface area contributed by atoms with E-state index in [4.69, 9.17) is 20.3 Å². The van der Waals surface area contributed by atoms with Gasteiger partial charge < -0.3 is 20.2 Å². The molecule has 27 heavy (non-hydrogen) atoms. The van der Waals surface area contributed by atoms with E-state index in [-0.39, 0.29) is 11.5 Å². The smallest absolute Gasteiger partial charge is 0.145 e. The summed E-state index contributed by atoms with van der Waals surface area (Å²) in [5.74, 6) is 0.983. The van der Waals surface area contributed by atoms with Gasteiger partial charge in [0.05, 0.1) is 41.5 Å². The van der Waals surface area contributed by atoms with Gasteiger partial charge in [0.15, 0.2) is 0 Å². The van der Waals surface area contributed by atoms with Crippen molar-refractivity contribution in [2.75, 3.05) is 25.2 Å². The molecule has 0 aliphatic rings. The summed E-state index contributed by atoms with van der Waals surface area (Å²) in [5.41, 5.74) is 7.49. The Morgan fingerprint density at radius 2 is 2.15 bits per heavy atom. The van der Waals surface area contributed by atoms with Gasteiger partial charge in [-0.15, -0.1) is 0 Å². The van der Waals surface area contributed by atoms with Gasteiger partial charge >= 0.3 is 0 Å². The molecule has 0 saturated heterocycles. The van der Waals surface area contributed by atoms with Gasteiger partial charge in [-0.3, -0.25) is 5.41 Å². The lowest BCUT2D eigenvalue weighted by molar-refractivity contribution is 0.416. The van der Waals surface area contributed by atoms with Crippen molar-refractivity contribution in [2.45, 2.75) is 4.90 Å². The van der Waals surface area contributed by atoms with Crippen LogP contribution >= 0.6 is 0 Å². The molecule has 0 fully saturated rings. The molecule has 0 radical (unpaired) electrons. The summed E-state index contributed by atoms with van der Waals surface area (Å²) in [4.78, 5) is 8.74. The molecule has 5 N–H and O–H groups in total. The SMILES string of the molecule is CNS(=O)c1ccc(OC)c(Nc2ncnc(N)c2C(=N)c2ccoc2)c1. The molecule has 0 bridgehead atoms. The van der Waals surface area contributed by atoms with E-state index in [1.807, 2.05) is 0 Å². The summed E-state index contributed by atoms with van der Waals surface area (Å²) < 4.78 is 25.1. The van der Waals surface area contributed by atoms with Crippen molar-refractivity contribution in [1.29, 1.82) is 5.41 Å². The molecular formula is C17H18N6O3S. The fourth-order valence-electron chi connectivity index (χ4n) is 2.44. The number of nitrogen functional groups attached to an aromatic ring is 1. The quantitative estimate of drug-likeness (QED) is 0.456. The second-order valence-electron chi connectivity index (χ2n) is 5.33. The van der Waals surface area contributed by atoms with Crippen LogP contribution in [0.1, 0.15) is 11.1 Å². The van der Waals surface area contributed by atoms with E-state index in [1.54, 1.807) is 31.3 Å². The maximum absolute atomic E-state index is 12.0. The number of ether oxygens (including phenoxy) is 1. The van der Waals surface area contributed by atoms with E-state index in [1.165, 1.54) is 26.0 Å². The number of benzene rings is 1. The summed E-state index contributed by atoms with van der Waals surface area (Å²) in [5, 5.41) is 11.5. The molecule has 0 aliphatic carbocycles. The Bertz CT molecular complexity index is 990. The van der Waals surface area contributed by atoms with Crippen molar-refractivity contribution in [3.8, 4) is 5.75 Å². The maximum atomic E-state index is 12.0. The van der Waals surface area contributed by atoms with Crippen molar-refractivity contribution in [2.24, 2.45) is 0 Å². The van der Waals surface area contributed by atoms with Crippen LogP contribution in [-0.2, 0) is 11.0 Å². The van der Waals surface area contributed by atoms with Gasteiger partial charge in [0, 0.05) is 5.56 Å². The number of nitrogens with zero attached hydrogens (tertiary/aromatic N) is 2. The number of rotatable bonds is 7. The molecule has 0 aliphatic heterocycles. The third-order valence-electron chi connectivity index (χ3n) is 3.76. The molecule has 10 heteroatoms. The molecule has 0 amide bonds. The summed E-state index contributed by atoms with van der Waals surface area (Å²) >= 11 is 0. The van der Waals surface area contributed by atoms with Crippen molar-refractivity contribution in [3.63, 3.8) is 0 Å². The largest absolute Gasteiger partial charge is 0.495 e. The van der Waals surface area contributed by atoms with Gasteiger partial charge in [0.25, 0.3) is 0 Å². The Morgan fingerprint density at radius 3 is 2.81 bits per heavy atom. The van der Waals surface area contributed by atoms with E-state index in [2.05, 4.69) is 20.0 Å². The average Bonchev–Trinajstić information content (AvgIpc) is 3.22. The van der Waals surface area contributed by atoms with E-state index in [0.717, 1.165) is 0 Å². The Labute approximate surface area is 158 Å². The summed E-state index contributed by atoms with van der Waals surface area (Å²) in [7, 11) is 1.76. The third kappa shape index (κ3) is 3.81. The van der Waals surface area contributed by atoms with Crippen molar-refractivity contribution in [1.82, 2.24) is 14.7 Å². The van der Waals surface area contributed by atoms with E-state index < -0.39 is 11.0 Å². The fraction of sp³-hybridized carbons (Fsp3) is 0.118. The molecule has 3 aromatic rings. The van der Waals surface area contributed by atoms with Crippen LogP contribution < -0.4 is 20.5 Å². The number of furan rings is 1. The van der Waals surface area contributed by atoms with Crippen LogP contribution in [0.5, 0.6) is 5.75 Å². The van der Waals surface area contributed by atoms with Gasteiger partial charge in [0.1, 0.15) is 34.7 Å². The van der Waals surface area contributed by atoms with Gasteiger partial charge in [-0.25, -0.2) is 18.9 Å². The number of aromatic nitrogens is 2. The Balaban J connectivity index is 2.05. The number of anilines is 3. The fourth-order valence-corrected chi connectivity index (χ4v) is 3.09. The standard InChI is InChI=1S/C17H18N6O3S/c1-20-27(24)11-3-4-13(25-2)12(7-11)23-17-14(16(19)21-9-22-17)15(18)10-5-6-26-8-10/h3-9,18,20H,1-2H3,(H3,19,21,22,23). The van der Waals surface area contributed by atoms with Crippen LogP contribution in [0.3, 0.4) is 0 Å². The number of methoxy groups -OCH3 is 1. The molecule has 1 atom stereocenters. The molecule has 0 saturated carbocycles. The highest BCUT2D eigenvalue weighted by atomic mass is 32.2. The lowest BCUT2D eigenvalue weighted by atomic mass is 10.1. The second-order valence-corrected chi connectivity index (χ2v) is 6.75. The Morgan fingerprint density at radius 1 is 1.33 bits per heavy atom. The molecule has 3 rings (SSSR count). The minimum absolute atomic E-state index is 0.110. The third-order valence-corrected chi connectivity index (χ3v) is 4.81. The number of nitrogens with one attached hydrogen (secondary N) is 3. The first-order valence-electron chi connectivity index (χ1n) is 7.81. The number of hydrogen-bond acceptors (Lipinski definition) is 8. The zero-order valence-corrected chi connectivity index (χ0v) is 15.5. The average molecular weight is 386 g/mol. The van der Waals surface area contributed by atoms with Crippen molar-refractivity contribution in [3.05, 3.63) is 54.2 Å². The maximum Gasteiger partial charge on any atom is 0.145 e. The molecule has 140 valence electrons. The minimum Gasteiger partial charge on any atom is -0.495 e. The zero-order valence-electron chi connectivity index (χ0n) is 14.6. The normalized spacial score (nSPS) is 11.8. The highest BCUT2D eigenvalue weighted by molar-refractivity contribution is 7.83. The molecule has 2 aromatic heterocycles. The van der Waals surface area contributed by atoms with E-state index in [0.29, 0.717) is 33.3 Å². The van der Waals surface area contributed by atoms with Crippen LogP contribution in [-0.4, -0.2) is 34.0 Å². The lowest BCUT2D eigenvalue weighted by Crippen LogP contribution is -2.13. The lowest BCUT2D eigenvalue weighted by Gasteiger charge is -2.15. The summed E-state index contributed by atoms with van der Waals surface area (Å²) in [6.07, 6.45) is 4.21. The van der Waals surface area contributed by atoms with Gasteiger partial charge in [-0.1, -0.05) is 0 Å². The van der Waals surface area contributed by atoms with Crippen LogP contribution in [0.25, 0.3) is 0 Å².